The molecule has 4 nitrogen and oxygen atoms in total. The highest BCUT2D eigenvalue weighted by Crippen LogP contribution is 2.23. The summed E-state index contributed by atoms with van der Waals surface area (Å²) >= 11 is 0. The molecule has 0 aliphatic carbocycles. The summed E-state index contributed by atoms with van der Waals surface area (Å²) in [6.07, 6.45) is 0.937. The van der Waals surface area contributed by atoms with Gasteiger partial charge in [0.1, 0.15) is 0 Å². The van der Waals surface area contributed by atoms with Gasteiger partial charge in [0.2, 0.25) is 10.0 Å². The minimum atomic E-state index is -3.28. The fourth-order valence-electron chi connectivity index (χ4n) is 2.21. The van der Waals surface area contributed by atoms with Crippen molar-refractivity contribution in [2.24, 2.45) is 5.92 Å². The van der Waals surface area contributed by atoms with Crippen LogP contribution < -0.4 is 5.32 Å². The van der Waals surface area contributed by atoms with Gasteiger partial charge in [-0.25, -0.2) is 8.42 Å². The number of hydrogen-bond donors (Lipinski definition) is 1. The molecule has 6 heteroatoms. The van der Waals surface area contributed by atoms with Crippen molar-refractivity contribution >= 4 is 22.4 Å². The normalized spacial score (nSPS) is 20.6. The first-order valence-electron chi connectivity index (χ1n) is 5.84. The molecule has 18 heavy (non-hydrogen) atoms. The average molecular weight is 291 g/mol. The zero-order chi connectivity index (χ0) is 12.3. The highest BCUT2D eigenvalue weighted by atomic mass is 35.5. The van der Waals surface area contributed by atoms with Gasteiger partial charge in [-0.05, 0) is 38.1 Å². The first-order valence-corrected chi connectivity index (χ1v) is 7.28. The number of rotatable bonds is 4. The van der Waals surface area contributed by atoms with Gasteiger partial charge in [0.15, 0.2) is 0 Å². The summed E-state index contributed by atoms with van der Waals surface area (Å²) < 4.78 is 26.2. The van der Waals surface area contributed by atoms with Crippen molar-refractivity contribution in [2.75, 3.05) is 26.7 Å². The van der Waals surface area contributed by atoms with Crippen molar-refractivity contribution in [3.63, 3.8) is 0 Å². The van der Waals surface area contributed by atoms with Crippen LogP contribution in [0.3, 0.4) is 0 Å². The van der Waals surface area contributed by atoms with Crippen LogP contribution >= 0.6 is 12.4 Å². The Kier molecular flexibility index (Phi) is 5.59. The standard InChI is InChI=1S/C12H18N2O2S.ClH/c1-13-9-11-7-8-14(10-11)17(15,16)12-5-3-2-4-6-12;/h2-6,11,13H,7-10H2,1H3;1H. The highest BCUT2D eigenvalue weighted by molar-refractivity contribution is 7.89. The van der Waals surface area contributed by atoms with Crippen LogP contribution in [0.1, 0.15) is 6.42 Å². The fraction of sp³-hybridized carbons (Fsp3) is 0.500. The van der Waals surface area contributed by atoms with Crippen molar-refractivity contribution in [3.05, 3.63) is 30.3 Å². The number of sulfonamides is 1. The maximum Gasteiger partial charge on any atom is 0.243 e. The van der Waals surface area contributed by atoms with Crippen molar-refractivity contribution in [1.82, 2.24) is 9.62 Å². The Bertz CT molecular complexity index is 464. The fourth-order valence-corrected chi connectivity index (χ4v) is 3.76. The molecular formula is C12H19ClN2O2S. The molecule has 1 atom stereocenters. The van der Waals surface area contributed by atoms with Crippen LogP contribution in [0, 0.1) is 5.92 Å². The number of nitrogens with one attached hydrogen (secondary N) is 1. The Morgan fingerprint density at radius 2 is 2.00 bits per heavy atom. The summed E-state index contributed by atoms with van der Waals surface area (Å²) in [7, 11) is -1.39. The second-order valence-corrected chi connectivity index (χ2v) is 6.33. The van der Waals surface area contributed by atoms with Crippen LogP contribution in [0.25, 0.3) is 0 Å². The molecule has 1 aromatic rings. The van der Waals surface area contributed by atoms with Crippen LogP contribution in [-0.2, 0) is 10.0 Å². The maximum atomic E-state index is 12.3. The van der Waals surface area contributed by atoms with Crippen molar-refractivity contribution in [1.29, 1.82) is 0 Å². The van der Waals surface area contributed by atoms with E-state index in [9.17, 15) is 8.42 Å². The van der Waals surface area contributed by atoms with Crippen LogP contribution in [0.5, 0.6) is 0 Å². The summed E-state index contributed by atoms with van der Waals surface area (Å²) in [5.41, 5.74) is 0. The van der Waals surface area contributed by atoms with E-state index in [0.29, 0.717) is 23.9 Å². The third kappa shape index (κ3) is 3.23. The Labute approximate surface area is 115 Å². The lowest BCUT2D eigenvalue weighted by Crippen LogP contribution is -2.30. The predicted molar refractivity (Wildman–Crippen MR) is 74.5 cm³/mol. The molecule has 0 bridgehead atoms. The van der Waals surface area contributed by atoms with E-state index in [4.69, 9.17) is 0 Å². The van der Waals surface area contributed by atoms with E-state index in [1.54, 1.807) is 28.6 Å². The van der Waals surface area contributed by atoms with Gasteiger partial charge in [-0.15, -0.1) is 12.4 Å². The lowest BCUT2D eigenvalue weighted by Gasteiger charge is -2.16. The summed E-state index contributed by atoms with van der Waals surface area (Å²) in [4.78, 5) is 0.394. The molecule has 1 aliphatic heterocycles. The molecule has 1 heterocycles. The van der Waals surface area contributed by atoms with Gasteiger partial charge < -0.3 is 5.32 Å². The molecule has 0 aromatic heterocycles. The van der Waals surface area contributed by atoms with Crippen molar-refractivity contribution < 1.29 is 8.42 Å². The molecule has 0 spiro atoms. The molecule has 1 N–H and O–H groups in total. The van der Waals surface area contributed by atoms with Gasteiger partial charge >= 0.3 is 0 Å². The summed E-state index contributed by atoms with van der Waals surface area (Å²) in [5.74, 6) is 0.429. The highest BCUT2D eigenvalue weighted by Gasteiger charge is 2.31. The number of benzene rings is 1. The molecule has 1 aliphatic rings. The van der Waals surface area contributed by atoms with Crippen LogP contribution in [0.15, 0.2) is 35.2 Å². The molecule has 0 radical (unpaired) electrons. The van der Waals surface area contributed by atoms with Gasteiger partial charge in [0.05, 0.1) is 4.90 Å². The lowest BCUT2D eigenvalue weighted by atomic mass is 10.1. The van der Waals surface area contributed by atoms with E-state index >= 15 is 0 Å². The third-order valence-electron chi connectivity index (χ3n) is 3.12. The molecule has 1 fully saturated rings. The number of nitrogens with zero attached hydrogens (tertiary/aromatic N) is 1. The topological polar surface area (TPSA) is 49.4 Å². The summed E-state index contributed by atoms with van der Waals surface area (Å²) in [5, 5.41) is 3.10. The average Bonchev–Trinajstić information content (AvgIpc) is 2.80. The Hall–Kier alpha value is -0.620. The van der Waals surface area contributed by atoms with Gasteiger partial charge in [-0.2, -0.15) is 4.31 Å². The monoisotopic (exact) mass is 290 g/mol. The molecule has 1 saturated heterocycles. The minimum absolute atomic E-state index is 0. The lowest BCUT2D eigenvalue weighted by molar-refractivity contribution is 0.451. The van der Waals surface area contributed by atoms with Gasteiger partial charge in [0.25, 0.3) is 0 Å². The summed E-state index contributed by atoms with van der Waals surface area (Å²) in [6, 6.07) is 8.65. The van der Waals surface area contributed by atoms with Gasteiger partial charge in [-0.3, -0.25) is 0 Å². The molecule has 2 rings (SSSR count). The summed E-state index contributed by atoms with van der Waals surface area (Å²) in [6.45, 7) is 2.13. The van der Waals surface area contributed by atoms with E-state index in [2.05, 4.69) is 5.32 Å². The molecule has 1 unspecified atom stereocenters. The van der Waals surface area contributed by atoms with E-state index in [0.717, 1.165) is 13.0 Å². The van der Waals surface area contributed by atoms with E-state index in [1.807, 2.05) is 13.1 Å². The van der Waals surface area contributed by atoms with E-state index in [1.165, 1.54) is 0 Å². The zero-order valence-corrected chi connectivity index (χ0v) is 12.0. The Morgan fingerprint density at radius 1 is 1.33 bits per heavy atom. The first kappa shape index (κ1) is 15.4. The maximum absolute atomic E-state index is 12.3. The van der Waals surface area contributed by atoms with E-state index < -0.39 is 10.0 Å². The molecule has 0 amide bonds. The predicted octanol–water partition coefficient (Wildman–Crippen LogP) is 1.34. The second-order valence-electron chi connectivity index (χ2n) is 4.39. The molecule has 102 valence electrons. The second kappa shape index (κ2) is 6.52. The Balaban J connectivity index is 0.00000162. The molecule has 0 saturated carbocycles. The Morgan fingerprint density at radius 3 is 2.61 bits per heavy atom. The largest absolute Gasteiger partial charge is 0.319 e. The third-order valence-corrected chi connectivity index (χ3v) is 5.00. The van der Waals surface area contributed by atoms with Gasteiger partial charge in [0, 0.05) is 13.1 Å². The smallest absolute Gasteiger partial charge is 0.243 e. The van der Waals surface area contributed by atoms with Crippen molar-refractivity contribution in [2.45, 2.75) is 11.3 Å². The van der Waals surface area contributed by atoms with Crippen LogP contribution in [0.4, 0.5) is 0 Å². The van der Waals surface area contributed by atoms with Crippen LogP contribution in [0.2, 0.25) is 0 Å². The molecule has 1 aromatic carbocycles. The number of halogens is 1. The zero-order valence-electron chi connectivity index (χ0n) is 10.4. The van der Waals surface area contributed by atoms with Crippen LogP contribution in [-0.4, -0.2) is 39.4 Å². The quantitative estimate of drug-likeness (QED) is 0.910. The van der Waals surface area contributed by atoms with Gasteiger partial charge in [-0.1, -0.05) is 18.2 Å². The SMILES string of the molecule is CNCC1CCN(S(=O)(=O)c2ccccc2)C1.Cl. The minimum Gasteiger partial charge on any atom is -0.319 e. The first-order chi connectivity index (χ1) is 8.14. The van der Waals surface area contributed by atoms with E-state index in [-0.39, 0.29) is 12.4 Å². The number of hydrogen-bond acceptors (Lipinski definition) is 3. The van der Waals surface area contributed by atoms with Crippen molar-refractivity contribution in [3.8, 4) is 0 Å². The molecular weight excluding hydrogens is 272 g/mol.